The lowest BCUT2D eigenvalue weighted by atomic mass is 10.1. The van der Waals surface area contributed by atoms with E-state index in [2.05, 4.69) is 48.6 Å². The second-order valence-corrected chi connectivity index (χ2v) is 4.72. The molecule has 0 spiro atoms. The minimum absolute atomic E-state index is 0.580. The predicted molar refractivity (Wildman–Crippen MR) is 84.9 cm³/mol. The van der Waals surface area contributed by atoms with Gasteiger partial charge in [-0.3, -0.25) is 0 Å². The molecule has 0 aliphatic heterocycles. The Labute approximate surface area is 121 Å². The van der Waals surface area contributed by atoms with Crippen molar-refractivity contribution in [3.63, 3.8) is 0 Å². The molecular formula is C18H21NO. The van der Waals surface area contributed by atoms with Gasteiger partial charge in [-0.1, -0.05) is 54.6 Å². The Morgan fingerprint density at radius 2 is 1.85 bits per heavy atom. The number of benzene rings is 2. The van der Waals surface area contributed by atoms with Crippen LogP contribution in [0.5, 0.6) is 5.75 Å². The molecule has 0 aliphatic carbocycles. The van der Waals surface area contributed by atoms with E-state index in [1.54, 1.807) is 0 Å². The van der Waals surface area contributed by atoms with Crippen LogP contribution in [-0.2, 0) is 6.54 Å². The molecule has 0 atom stereocenters. The molecule has 0 radical (unpaired) electrons. The van der Waals surface area contributed by atoms with E-state index in [-0.39, 0.29) is 0 Å². The van der Waals surface area contributed by atoms with Crippen molar-refractivity contribution in [2.24, 2.45) is 0 Å². The summed E-state index contributed by atoms with van der Waals surface area (Å²) in [4.78, 5) is 0. The van der Waals surface area contributed by atoms with Crippen LogP contribution in [0.3, 0.4) is 0 Å². The van der Waals surface area contributed by atoms with Crippen molar-refractivity contribution in [3.05, 3.63) is 71.3 Å². The standard InChI is InChI=1S/C18H21NO/c1-15-8-6-12-17(14-19-2)18(15)20-13-7-11-16-9-4-3-5-10-16/h3-12,19H,13-14H2,1-2H3/b11-7+. The summed E-state index contributed by atoms with van der Waals surface area (Å²) in [6, 6.07) is 16.5. The third-order valence-electron chi connectivity index (χ3n) is 3.09. The molecule has 0 saturated carbocycles. The Balaban J connectivity index is 1.99. The fraction of sp³-hybridized carbons (Fsp3) is 0.222. The first-order valence-corrected chi connectivity index (χ1v) is 6.88. The highest BCUT2D eigenvalue weighted by molar-refractivity contribution is 5.49. The number of ether oxygens (including phenoxy) is 1. The molecule has 2 aromatic carbocycles. The normalized spacial score (nSPS) is 10.9. The summed E-state index contributed by atoms with van der Waals surface area (Å²) in [5.74, 6) is 0.986. The third kappa shape index (κ3) is 3.97. The summed E-state index contributed by atoms with van der Waals surface area (Å²) in [7, 11) is 1.95. The van der Waals surface area contributed by atoms with Gasteiger partial charge in [-0.2, -0.15) is 0 Å². The maximum atomic E-state index is 5.92. The highest BCUT2D eigenvalue weighted by atomic mass is 16.5. The first-order chi connectivity index (χ1) is 9.81. The molecule has 2 rings (SSSR count). The summed E-state index contributed by atoms with van der Waals surface area (Å²) < 4.78 is 5.92. The molecule has 0 unspecified atom stereocenters. The first kappa shape index (κ1) is 14.4. The van der Waals surface area contributed by atoms with Crippen LogP contribution in [0, 0.1) is 6.92 Å². The van der Waals surface area contributed by atoms with Crippen LogP contribution in [-0.4, -0.2) is 13.7 Å². The maximum absolute atomic E-state index is 5.92. The van der Waals surface area contributed by atoms with Crippen LogP contribution in [0.25, 0.3) is 6.08 Å². The highest BCUT2D eigenvalue weighted by Gasteiger charge is 2.05. The zero-order valence-electron chi connectivity index (χ0n) is 12.1. The lowest BCUT2D eigenvalue weighted by Gasteiger charge is -2.12. The van der Waals surface area contributed by atoms with E-state index in [0.29, 0.717) is 6.61 Å². The van der Waals surface area contributed by atoms with Crippen molar-refractivity contribution in [1.82, 2.24) is 5.32 Å². The van der Waals surface area contributed by atoms with E-state index in [0.717, 1.165) is 12.3 Å². The molecule has 0 aliphatic rings. The van der Waals surface area contributed by atoms with E-state index in [4.69, 9.17) is 4.74 Å². The van der Waals surface area contributed by atoms with E-state index < -0.39 is 0 Å². The molecule has 20 heavy (non-hydrogen) atoms. The Morgan fingerprint density at radius 1 is 1.05 bits per heavy atom. The minimum atomic E-state index is 0.580. The largest absolute Gasteiger partial charge is 0.489 e. The van der Waals surface area contributed by atoms with Gasteiger partial charge in [0, 0.05) is 12.1 Å². The molecule has 0 fully saturated rings. The summed E-state index contributed by atoms with van der Waals surface area (Å²) in [5.41, 5.74) is 3.56. The fourth-order valence-corrected chi connectivity index (χ4v) is 2.13. The maximum Gasteiger partial charge on any atom is 0.127 e. The van der Waals surface area contributed by atoms with Crippen LogP contribution < -0.4 is 10.1 Å². The molecule has 0 heterocycles. The van der Waals surface area contributed by atoms with Gasteiger partial charge in [0.05, 0.1) is 0 Å². The van der Waals surface area contributed by atoms with Crippen molar-refractivity contribution < 1.29 is 4.74 Å². The van der Waals surface area contributed by atoms with E-state index in [9.17, 15) is 0 Å². The molecule has 2 heteroatoms. The predicted octanol–water partition coefficient (Wildman–Crippen LogP) is 3.81. The Morgan fingerprint density at radius 3 is 2.60 bits per heavy atom. The topological polar surface area (TPSA) is 21.3 Å². The Hall–Kier alpha value is -2.06. The smallest absolute Gasteiger partial charge is 0.127 e. The van der Waals surface area contributed by atoms with Crippen LogP contribution >= 0.6 is 0 Å². The number of hydrogen-bond donors (Lipinski definition) is 1. The fourth-order valence-electron chi connectivity index (χ4n) is 2.13. The van der Waals surface area contributed by atoms with Gasteiger partial charge in [0.25, 0.3) is 0 Å². The summed E-state index contributed by atoms with van der Waals surface area (Å²) in [6.07, 6.45) is 4.13. The number of rotatable bonds is 6. The van der Waals surface area contributed by atoms with Gasteiger partial charge in [0.1, 0.15) is 12.4 Å². The summed E-state index contributed by atoms with van der Waals surface area (Å²) in [5, 5.41) is 3.17. The van der Waals surface area contributed by atoms with Crippen molar-refractivity contribution in [2.45, 2.75) is 13.5 Å². The van der Waals surface area contributed by atoms with Gasteiger partial charge in [-0.15, -0.1) is 0 Å². The minimum Gasteiger partial charge on any atom is -0.489 e. The molecule has 2 aromatic rings. The van der Waals surface area contributed by atoms with Crippen molar-refractivity contribution in [2.75, 3.05) is 13.7 Å². The van der Waals surface area contributed by atoms with Crippen LogP contribution in [0.1, 0.15) is 16.7 Å². The van der Waals surface area contributed by atoms with Gasteiger partial charge in [-0.25, -0.2) is 0 Å². The first-order valence-electron chi connectivity index (χ1n) is 6.88. The van der Waals surface area contributed by atoms with Crippen molar-refractivity contribution in [1.29, 1.82) is 0 Å². The quantitative estimate of drug-likeness (QED) is 0.859. The van der Waals surface area contributed by atoms with Crippen LogP contribution in [0.15, 0.2) is 54.6 Å². The zero-order valence-corrected chi connectivity index (χ0v) is 12.1. The molecule has 2 nitrogen and oxygen atoms in total. The molecule has 0 saturated heterocycles. The summed E-state index contributed by atoms with van der Waals surface area (Å²) >= 11 is 0. The Kier molecular flexibility index (Phi) is 5.39. The van der Waals surface area contributed by atoms with Gasteiger partial charge in [-0.05, 0) is 31.2 Å². The van der Waals surface area contributed by atoms with Crippen LogP contribution in [0.2, 0.25) is 0 Å². The van der Waals surface area contributed by atoms with Gasteiger partial charge in [0.15, 0.2) is 0 Å². The van der Waals surface area contributed by atoms with Crippen molar-refractivity contribution >= 4 is 6.08 Å². The molecule has 0 bridgehead atoms. The zero-order chi connectivity index (χ0) is 14.2. The molecule has 104 valence electrons. The van der Waals surface area contributed by atoms with Gasteiger partial charge in [0.2, 0.25) is 0 Å². The van der Waals surface area contributed by atoms with Crippen LogP contribution in [0.4, 0.5) is 0 Å². The van der Waals surface area contributed by atoms with Gasteiger partial charge < -0.3 is 10.1 Å². The number of hydrogen-bond acceptors (Lipinski definition) is 2. The van der Waals surface area contributed by atoms with E-state index in [1.807, 2.05) is 31.3 Å². The van der Waals surface area contributed by atoms with Gasteiger partial charge >= 0.3 is 0 Å². The average Bonchev–Trinajstić information content (AvgIpc) is 2.47. The number of nitrogens with one attached hydrogen (secondary N) is 1. The highest BCUT2D eigenvalue weighted by Crippen LogP contribution is 2.23. The second kappa shape index (κ2) is 7.51. The SMILES string of the molecule is CNCc1cccc(C)c1OC/C=C/c1ccccc1. The summed E-state index contributed by atoms with van der Waals surface area (Å²) in [6.45, 7) is 3.48. The lowest BCUT2D eigenvalue weighted by molar-refractivity contribution is 0.356. The molecular weight excluding hydrogens is 246 g/mol. The molecule has 0 aromatic heterocycles. The molecule has 0 amide bonds. The number of aryl methyl sites for hydroxylation is 1. The Bertz CT molecular complexity index is 561. The van der Waals surface area contributed by atoms with E-state index >= 15 is 0 Å². The van der Waals surface area contributed by atoms with E-state index in [1.165, 1.54) is 16.7 Å². The molecule has 1 N–H and O–H groups in total. The second-order valence-electron chi connectivity index (χ2n) is 4.72. The lowest BCUT2D eigenvalue weighted by Crippen LogP contribution is -2.08. The third-order valence-corrected chi connectivity index (χ3v) is 3.09. The monoisotopic (exact) mass is 267 g/mol. The van der Waals surface area contributed by atoms with Crippen molar-refractivity contribution in [3.8, 4) is 5.75 Å². The number of para-hydroxylation sites is 1. The average molecular weight is 267 g/mol.